The van der Waals surface area contributed by atoms with Gasteiger partial charge in [0.05, 0.1) is 5.69 Å². The number of anilines is 2. The normalized spacial score (nSPS) is 14.0. The third kappa shape index (κ3) is 2.25. The van der Waals surface area contributed by atoms with Crippen LogP contribution in [0.15, 0.2) is 23.3 Å². The number of hydrazone groups is 1. The molecule has 1 aliphatic heterocycles. The van der Waals surface area contributed by atoms with Gasteiger partial charge in [0, 0.05) is 19.3 Å². The molecular formula is C12H14N6. The molecule has 6 nitrogen and oxygen atoms in total. The van der Waals surface area contributed by atoms with Gasteiger partial charge in [-0.1, -0.05) is 0 Å². The molecule has 92 valence electrons. The molecule has 0 saturated heterocycles. The summed E-state index contributed by atoms with van der Waals surface area (Å²) in [6.07, 6.45) is 1.00. The monoisotopic (exact) mass is 242 g/mol. The number of likely N-dealkylation sites (N-methyl/N-ethyl adjacent to an activating group) is 1. The molecule has 0 unspecified atom stereocenters. The van der Waals surface area contributed by atoms with E-state index in [1.54, 1.807) is 6.07 Å². The molecule has 0 amide bonds. The fraction of sp³-hybridized carbons (Fsp3) is 0.250. The predicted molar refractivity (Wildman–Crippen MR) is 72.0 cm³/mol. The lowest BCUT2D eigenvalue weighted by molar-refractivity contribution is 0.956. The molecule has 4 N–H and O–H groups in total. The lowest BCUT2D eigenvalue weighted by atomic mass is 10.1. The zero-order chi connectivity index (χ0) is 13.1. The number of amidine groups is 1. The van der Waals surface area contributed by atoms with Gasteiger partial charge in [-0.2, -0.15) is 10.4 Å². The summed E-state index contributed by atoms with van der Waals surface area (Å²) in [4.78, 5) is 2.19. The summed E-state index contributed by atoms with van der Waals surface area (Å²) in [7, 11) is 2.06. The summed E-state index contributed by atoms with van der Waals surface area (Å²) < 4.78 is 0. The molecule has 0 fully saturated rings. The maximum Gasteiger partial charge on any atom is 0.201 e. The zero-order valence-corrected chi connectivity index (χ0v) is 10.1. The number of nitrogens with one attached hydrogen (secondary N) is 2. The van der Waals surface area contributed by atoms with E-state index in [-0.39, 0.29) is 11.5 Å². The van der Waals surface area contributed by atoms with E-state index in [1.165, 1.54) is 11.3 Å². The molecule has 0 radical (unpaired) electrons. The van der Waals surface area contributed by atoms with Crippen LogP contribution in [0.25, 0.3) is 0 Å². The summed E-state index contributed by atoms with van der Waals surface area (Å²) >= 11 is 0. The Balaban J connectivity index is 2.17. The number of nitriles is 1. The Morgan fingerprint density at radius 1 is 1.61 bits per heavy atom. The number of nitrogens with zero attached hydrogens (tertiary/aromatic N) is 3. The van der Waals surface area contributed by atoms with E-state index in [0.717, 1.165) is 18.7 Å². The van der Waals surface area contributed by atoms with Crippen molar-refractivity contribution in [2.45, 2.75) is 6.42 Å². The van der Waals surface area contributed by atoms with E-state index in [2.05, 4.69) is 22.5 Å². The van der Waals surface area contributed by atoms with Gasteiger partial charge in [-0.15, -0.1) is 0 Å². The van der Waals surface area contributed by atoms with Gasteiger partial charge >= 0.3 is 0 Å². The Labute approximate surface area is 105 Å². The molecule has 0 bridgehead atoms. The van der Waals surface area contributed by atoms with E-state index in [0.29, 0.717) is 0 Å². The minimum Gasteiger partial charge on any atom is -0.382 e. The fourth-order valence-corrected chi connectivity index (χ4v) is 1.90. The summed E-state index contributed by atoms with van der Waals surface area (Å²) in [5, 5.41) is 19.7. The molecule has 1 aliphatic rings. The minimum absolute atomic E-state index is 0.118. The van der Waals surface area contributed by atoms with Gasteiger partial charge in [-0.25, -0.2) is 0 Å². The molecule has 0 saturated carbocycles. The molecule has 0 aliphatic carbocycles. The van der Waals surface area contributed by atoms with E-state index < -0.39 is 0 Å². The van der Waals surface area contributed by atoms with Crippen molar-refractivity contribution in [2.75, 3.05) is 23.9 Å². The maximum absolute atomic E-state index is 8.72. The number of fused-ring (bicyclic) bond motifs is 1. The fourth-order valence-electron chi connectivity index (χ4n) is 1.90. The van der Waals surface area contributed by atoms with Crippen LogP contribution >= 0.6 is 0 Å². The Morgan fingerprint density at radius 3 is 3.06 bits per heavy atom. The van der Waals surface area contributed by atoms with Crippen LogP contribution in [0.4, 0.5) is 11.4 Å². The summed E-state index contributed by atoms with van der Waals surface area (Å²) in [5.41, 5.74) is 11.1. The van der Waals surface area contributed by atoms with Gasteiger partial charge in [0.25, 0.3) is 0 Å². The summed E-state index contributed by atoms with van der Waals surface area (Å²) in [5.74, 6) is -0.342. The largest absolute Gasteiger partial charge is 0.382 e. The molecule has 1 heterocycles. The first-order valence-corrected chi connectivity index (χ1v) is 5.54. The quantitative estimate of drug-likeness (QED) is 0.416. The second-order valence-electron chi connectivity index (χ2n) is 4.11. The third-order valence-corrected chi connectivity index (χ3v) is 2.87. The van der Waals surface area contributed by atoms with E-state index in [4.69, 9.17) is 16.4 Å². The summed E-state index contributed by atoms with van der Waals surface area (Å²) in [6.45, 7) is 1.01. The van der Waals surface area contributed by atoms with E-state index in [9.17, 15) is 0 Å². The Hall–Kier alpha value is -2.55. The van der Waals surface area contributed by atoms with Crippen LogP contribution in [0.1, 0.15) is 5.56 Å². The summed E-state index contributed by atoms with van der Waals surface area (Å²) in [6, 6.07) is 7.66. The van der Waals surface area contributed by atoms with Gasteiger partial charge in [-0.3, -0.25) is 10.8 Å². The topological polar surface area (TPSA) is 101 Å². The Morgan fingerprint density at radius 2 is 2.39 bits per heavy atom. The van der Waals surface area contributed by atoms with Crippen LogP contribution in [0, 0.1) is 16.7 Å². The highest BCUT2D eigenvalue weighted by molar-refractivity contribution is 6.45. The number of nitrogens with two attached hydrogens (primary N) is 1. The Bertz CT molecular complexity index is 554. The van der Waals surface area contributed by atoms with Crippen LogP contribution in [-0.4, -0.2) is 25.1 Å². The van der Waals surface area contributed by atoms with Gasteiger partial charge in [0.15, 0.2) is 5.84 Å². The van der Waals surface area contributed by atoms with Gasteiger partial charge in [0.1, 0.15) is 6.07 Å². The van der Waals surface area contributed by atoms with Crippen molar-refractivity contribution in [3.63, 3.8) is 0 Å². The van der Waals surface area contributed by atoms with Crippen LogP contribution in [-0.2, 0) is 6.42 Å². The standard InChI is InChI=1S/C12H14N6/c1-18-5-4-8-6-9(2-3-11(8)18)16-17-10(7-13)12(14)15/h2-3,6,16H,4-5H2,1H3,(H3,14,15)/b17-10+. The van der Waals surface area contributed by atoms with Crippen LogP contribution in [0.2, 0.25) is 0 Å². The first kappa shape index (κ1) is 11.9. The molecule has 2 rings (SSSR count). The van der Waals surface area contributed by atoms with Crippen molar-refractivity contribution >= 4 is 22.9 Å². The van der Waals surface area contributed by atoms with E-state index in [1.807, 2.05) is 18.2 Å². The number of hydrogen-bond donors (Lipinski definition) is 3. The van der Waals surface area contributed by atoms with Crippen LogP contribution in [0.5, 0.6) is 0 Å². The molecule has 6 heteroatoms. The highest BCUT2D eigenvalue weighted by atomic mass is 15.3. The van der Waals surface area contributed by atoms with Crippen molar-refractivity contribution in [2.24, 2.45) is 10.8 Å². The zero-order valence-electron chi connectivity index (χ0n) is 10.1. The van der Waals surface area contributed by atoms with Crippen LogP contribution < -0.4 is 16.1 Å². The second kappa shape index (κ2) is 4.75. The Kier molecular flexibility index (Phi) is 3.15. The predicted octanol–water partition coefficient (Wildman–Crippen LogP) is 0.906. The first-order chi connectivity index (χ1) is 8.61. The van der Waals surface area contributed by atoms with Crippen molar-refractivity contribution in [1.29, 1.82) is 10.7 Å². The highest BCUT2D eigenvalue weighted by Gasteiger charge is 2.15. The molecule has 1 aromatic rings. The average molecular weight is 242 g/mol. The third-order valence-electron chi connectivity index (χ3n) is 2.87. The van der Waals surface area contributed by atoms with Gasteiger partial charge < -0.3 is 10.6 Å². The van der Waals surface area contributed by atoms with Crippen molar-refractivity contribution in [3.05, 3.63) is 23.8 Å². The molecule has 18 heavy (non-hydrogen) atoms. The molecule has 0 aromatic heterocycles. The smallest absolute Gasteiger partial charge is 0.201 e. The maximum atomic E-state index is 8.72. The van der Waals surface area contributed by atoms with E-state index >= 15 is 0 Å². The molecule has 0 atom stereocenters. The first-order valence-electron chi connectivity index (χ1n) is 5.54. The number of benzene rings is 1. The van der Waals surface area contributed by atoms with Gasteiger partial charge in [-0.05, 0) is 30.2 Å². The van der Waals surface area contributed by atoms with Crippen molar-refractivity contribution in [3.8, 4) is 6.07 Å². The lowest BCUT2D eigenvalue weighted by Gasteiger charge is -2.11. The molecular weight excluding hydrogens is 228 g/mol. The lowest BCUT2D eigenvalue weighted by Crippen LogP contribution is -2.21. The molecule has 0 spiro atoms. The SMILES string of the molecule is CN1CCc2cc(N/N=C(\C#N)C(=N)N)ccc21. The number of rotatable bonds is 3. The van der Waals surface area contributed by atoms with Crippen molar-refractivity contribution in [1.82, 2.24) is 0 Å². The second-order valence-corrected chi connectivity index (χ2v) is 4.11. The highest BCUT2D eigenvalue weighted by Crippen LogP contribution is 2.28. The average Bonchev–Trinajstić information content (AvgIpc) is 2.71. The van der Waals surface area contributed by atoms with Crippen molar-refractivity contribution < 1.29 is 0 Å². The minimum atomic E-state index is -0.342. The van der Waals surface area contributed by atoms with Crippen LogP contribution in [0.3, 0.4) is 0 Å². The number of hydrogen-bond acceptors (Lipinski definition) is 5. The van der Waals surface area contributed by atoms with Gasteiger partial charge in [0.2, 0.25) is 5.71 Å². The molecule has 1 aromatic carbocycles.